The molecule has 0 fully saturated rings. The van der Waals surface area contributed by atoms with Crippen molar-refractivity contribution in [2.24, 2.45) is 0 Å². The number of hydrogen-bond acceptors (Lipinski definition) is 2. The van der Waals surface area contributed by atoms with Crippen LogP contribution in [0.3, 0.4) is 0 Å². The number of hydrogen-bond donors (Lipinski definition) is 1. The molecule has 1 atom stereocenters. The Balaban J connectivity index is 2.46. The van der Waals surface area contributed by atoms with Crippen molar-refractivity contribution in [3.05, 3.63) is 20.8 Å². The Morgan fingerprint density at radius 2 is 2.45 bits per heavy atom. The van der Waals surface area contributed by atoms with E-state index >= 15 is 0 Å². The molecule has 11 heavy (non-hydrogen) atoms. The van der Waals surface area contributed by atoms with Crippen LogP contribution in [0.1, 0.15) is 29.4 Å². The number of fused-ring (bicyclic) bond motifs is 1. The number of halogens is 1. The van der Waals surface area contributed by atoms with Crippen LogP contribution in [0, 0.1) is 0 Å². The third-order valence-corrected chi connectivity index (χ3v) is 3.67. The van der Waals surface area contributed by atoms with Crippen molar-refractivity contribution in [1.29, 1.82) is 0 Å². The van der Waals surface area contributed by atoms with Crippen molar-refractivity contribution in [2.45, 2.75) is 25.4 Å². The van der Waals surface area contributed by atoms with Gasteiger partial charge < -0.3 is 5.11 Å². The minimum atomic E-state index is -0.253. The van der Waals surface area contributed by atoms with E-state index in [0.717, 1.165) is 29.2 Å². The van der Waals surface area contributed by atoms with Crippen LogP contribution in [0.15, 0.2) is 5.38 Å². The summed E-state index contributed by atoms with van der Waals surface area (Å²) in [5, 5.41) is 12.3. The fourth-order valence-electron chi connectivity index (χ4n) is 1.50. The van der Waals surface area contributed by atoms with Gasteiger partial charge in [0.25, 0.3) is 0 Å². The fraction of sp³-hybridized carbons (Fsp3) is 0.500. The first kappa shape index (κ1) is 7.59. The topological polar surface area (TPSA) is 20.2 Å². The monoisotopic (exact) mass is 188 g/mol. The molecule has 0 saturated heterocycles. The van der Waals surface area contributed by atoms with Gasteiger partial charge in [-0.3, -0.25) is 0 Å². The summed E-state index contributed by atoms with van der Waals surface area (Å²) in [6.07, 6.45) is 2.74. The minimum Gasteiger partial charge on any atom is -0.388 e. The van der Waals surface area contributed by atoms with Crippen LogP contribution in [0.5, 0.6) is 0 Å². The van der Waals surface area contributed by atoms with E-state index in [0.29, 0.717) is 0 Å². The zero-order valence-corrected chi connectivity index (χ0v) is 7.58. The number of thiophene rings is 1. The second-order valence-corrected chi connectivity index (χ2v) is 4.15. The quantitative estimate of drug-likeness (QED) is 0.664. The first-order valence-electron chi connectivity index (χ1n) is 3.73. The first-order valence-corrected chi connectivity index (χ1v) is 4.98. The van der Waals surface area contributed by atoms with Gasteiger partial charge in [0.2, 0.25) is 0 Å². The summed E-state index contributed by atoms with van der Waals surface area (Å²) in [7, 11) is 0. The van der Waals surface area contributed by atoms with E-state index in [4.69, 9.17) is 11.6 Å². The van der Waals surface area contributed by atoms with Gasteiger partial charge in [-0.15, -0.1) is 11.3 Å². The highest BCUT2D eigenvalue weighted by Gasteiger charge is 2.21. The van der Waals surface area contributed by atoms with Crippen LogP contribution in [0.2, 0.25) is 5.02 Å². The molecule has 0 aliphatic heterocycles. The van der Waals surface area contributed by atoms with E-state index < -0.39 is 0 Å². The maximum atomic E-state index is 9.53. The Morgan fingerprint density at radius 1 is 1.64 bits per heavy atom. The predicted molar refractivity (Wildman–Crippen MR) is 47.2 cm³/mol. The molecule has 60 valence electrons. The molecule has 1 heterocycles. The molecule has 0 amide bonds. The van der Waals surface area contributed by atoms with Crippen molar-refractivity contribution in [1.82, 2.24) is 0 Å². The molecule has 1 nitrogen and oxygen atoms in total. The van der Waals surface area contributed by atoms with Gasteiger partial charge in [-0.05, 0) is 24.8 Å². The van der Waals surface area contributed by atoms with Crippen molar-refractivity contribution < 1.29 is 5.11 Å². The van der Waals surface area contributed by atoms with Gasteiger partial charge in [-0.1, -0.05) is 11.6 Å². The summed E-state index contributed by atoms with van der Waals surface area (Å²) in [4.78, 5) is 1.08. The second-order valence-electron chi connectivity index (χ2n) is 2.83. The lowest BCUT2D eigenvalue weighted by Gasteiger charge is -2.16. The molecule has 0 aromatic carbocycles. The van der Waals surface area contributed by atoms with E-state index in [2.05, 4.69) is 0 Å². The van der Waals surface area contributed by atoms with Crippen molar-refractivity contribution >= 4 is 22.9 Å². The van der Waals surface area contributed by atoms with Gasteiger partial charge in [0.05, 0.1) is 11.1 Å². The first-order chi connectivity index (χ1) is 5.29. The summed E-state index contributed by atoms with van der Waals surface area (Å²) < 4.78 is 0. The van der Waals surface area contributed by atoms with E-state index in [1.54, 1.807) is 11.3 Å². The molecule has 1 unspecified atom stereocenters. The molecule has 0 saturated carbocycles. The van der Waals surface area contributed by atoms with Crippen LogP contribution in [0.4, 0.5) is 0 Å². The fourth-order valence-corrected chi connectivity index (χ4v) is 2.89. The molecular formula is C8H9ClOS. The normalized spacial score (nSPS) is 23.3. The van der Waals surface area contributed by atoms with Gasteiger partial charge >= 0.3 is 0 Å². The van der Waals surface area contributed by atoms with E-state index in [-0.39, 0.29) is 6.10 Å². The maximum absolute atomic E-state index is 9.53. The second kappa shape index (κ2) is 2.77. The minimum absolute atomic E-state index is 0.253. The van der Waals surface area contributed by atoms with Gasteiger partial charge in [0, 0.05) is 10.3 Å². The molecule has 1 aliphatic rings. The SMILES string of the molecule is OC1CCCc2c(Cl)csc21. The lowest BCUT2D eigenvalue weighted by Crippen LogP contribution is -2.05. The molecule has 0 bridgehead atoms. The Bertz CT molecular complexity index is 269. The van der Waals surface area contributed by atoms with Crippen LogP contribution >= 0.6 is 22.9 Å². The van der Waals surface area contributed by atoms with Crippen LogP contribution in [-0.4, -0.2) is 5.11 Å². The third-order valence-electron chi connectivity index (χ3n) is 2.08. The Kier molecular flexibility index (Phi) is 1.91. The van der Waals surface area contributed by atoms with E-state index in [1.807, 2.05) is 5.38 Å². The molecule has 0 radical (unpaired) electrons. The van der Waals surface area contributed by atoms with Crippen LogP contribution in [-0.2, 0) is 6.42 Å². The summed E-state index contributed by atoms with van der Waals surface area (Å²) in [6, 6.07) is 0. The zero-order chi connectivity index (χ0) is 7.84. The molecule has 3 heteroatoms. The Labute approximate surface area is 74.6 Å². The Hall–Kier alpha value is -0.0500. The highest BCUT2D eigenvalue weighted by atomic mass is 35.5. The summed E-state index contributed by atoms with van der Waals surface area (Å²) in [5.74, 6) is 0. The maximum Gasteiger partial charge on any atom is 0.0885 e. The van der Waals surface area contributed by atoms with Crippen molar-refractivity contribution in [3.63, 3.8) is 0 Å². The third kappa shape index (κ3) is 1.19. The summed E-state index contributed by atoms with van der Waals surface area (Å²) in [6.45, 7) is 0. The number of rotatable bonds is 0. The lowest BCUT2D eigenvalue weighted by molar-refractivity contribution is 0.161. The van der Waals surface area contributed by atoms with Gasteiger partial charge in [0.15, 0.2) is 0 Å². The Morgan fingerprint density at radius 3 is 3.18 bits per heavy atom. The standard InChI is InChI=1S/C8H9ClOS/c9-6-4-11-8-5(6)2-1-3-7(8)10/h4,7,10H,1-3H2. The van der Waals surface area contributed by atoms with Crippen LogP contribution < -0.4 is 0 Å². The van der Waals surface area contributed by atoms with E-state index in [9.17, 15) is 5.11 Å². The molecule has 2 rings (SSSR count). The lowest BCUT2D eigenvalue weighted by atomic mass is 9.97. The largest absolute Gasteiger partial charge is 0.388 e. The number of aliphatic hydroxyl groups excluding tert-OH is 1. The van der Waals surface area contributed by atoms with Gasteiger partial charge in [-0.25, -0.2) is 0 Å². The molecule has 1 N–H and O–H groups in total. The van der Waals surface area contributed by atoms with E-state index in [1.165, 1.54) is 5.56 Å². The highest BCUT2D eigenvalue weighted by Crippen LogP contribution is 2.38. The van der Waals surface area contributed by atoms with Crippen molar-refractivity contribution in [2.75, 3.05) is 0 Å². The summed E-state index contributed by atoms with van der Waals surface area (Å²) in [5.41, 5.74) is 1.18. The summed E-state index contributed by atoms with van der Waals surface area (Å²) >= 11 is 7.50. The van der Waals surface area contributed by atoms with Crippen molar-refractivity contribution in [3.8, 4) is 0 Å². The zero-order valence-electron chi connectivity index (χ0n) is 6.01. The van der Waals surface area contributed by atoms with Crippen LogP contribution in [0.25, 0.3) is 0 Å². The smallest absolute Gasteiger partial charge is 0.0885 e. The highest BCUT2D eigenvalue weighted by molar-refractivity contribution is 7.10. The van der Waals surface area contributed by atoms with Gasteiger partial charge in [0.1, 0.15) is 0 Å². The van der Waals surface area contributed by atoms with Gasteiger partial charge in [-0.2, -0.15) is 0 Å². The molecular weight excluding hydrogens is 180 g/mol. The molecule has 1 aliphatic carbocycles. The molecule has 1 aromatic rings. The number of aliphatic hydroxyl groups is 1. The molecule has 1 aromatic heterocycles. The predicted octanol–water partition coefficient (Wildman–Crippen LogP) is 2.77. The average Bonchev–Trinajstić information content (AvgIpc) is 2.35. The average molecular weight is 189 g/mol. The molecule has 0 spiro atoms.